The second kappa shape index (κ2) is 16.9. The number of hydrogen-bond acceptors (Lipinski definition) is 16. The van der Waals surface area contributed by atoms with Crippen molar-refractivity contribution in [3.8, 4) is 5.75 Å². The van der Waals surface area contributed by atoms with Gasteiger partial charge in [0.1, 0.15) is 16.4 Å². The van der Waals surface area contributed by atoms with Gasteiger partial charge in [0.25, 0.3) is 42.8 Å². The third kappa shape index (κ3) is 9.66. The third-order valence-corrected chi connectivity index (χ3v) is 10.5. The number of aromatic hydroxyl groups is 1. The molecule has 0 saturated carbocycles. The molecule has 286 valence electrons. The van der Waals surface area contributed by atoms with Gasteiger partial charge in [0.15, 0.2) is 5.75 Å². The zero-order valence-corrected chi connectivity index (χ0v) is 31.5. The average Bonchev–Trinajstić information content (AvgIpc) is 3.08. The van der Waals surface area contributed by atoms with Crippen LogP contribution in [0.1, 0.15) is 19.7 Å². The molecule has 20 nitrogen and oxygen atoms in total. The molecule has 0 aliphatic rings. The van der Waals surface area contributed by atoms with Crippen LogP contribution < -0.4 is 20.1 Å². The summed E-state index contributed by atoms with van der Waals surface area (Å²) >= 11 is -4.80. The molecule has 0 aliphatic heterocycles. The first kappa shape index (κ1) is 40.0. The zero-order chi connectivity index (χ0) is 39.2. The maximum atomic E-state index is 13.4. The molecule has 0 spiro atoms. The number of para-hydroxylation sites is 2. The molecule has 7 N–H and O–H groups in total. The van der Waals surface area contributed by atoms with Crippen molar-refractivity contribution in [3.63, 3.8) is 0 Å². The number of anilines is 6. The number of benzene rings is 4. The van der Waals surface area contributed by atoms with Gasteiger partial charge in [-0.15, -0.1) is 5.11 Å². The number of fused-ring (bicyclic) bond motifs is 1. The van der Waals surface area contributed by atoms with Crippen molar-refractivity contribution >= 4 is 99.6 Å². The molecule has 0 amide bonds. The molecule has 4 aromatic carbocycles. The van der Waals surface area contributed by atoms with Gasteiger partial charge in [-0.2, -0.15) is 36.9 Å². The Bertz CT molecular complexity index is 2520. The van der Waals surface area contributed by atoms with Gasteiger partial charge in [0, 0.05) is 5.39 Å². The van der Waals surface area contributed by atoms with Crippen molar-refractivity contribution in [2.24, 2.45) is 10.2 Å². The summed E-state index contributed by atoms with van der Waals surface area (Å²) in [5.41, 5.74) is 0.0733. The number of nitrogens with zero attached hydrogens (tertiary/aromatic N) is 5. The normalized spacial score (nSPS) is 13.1. The lowest BCUT2D eigenvalue weighted by molar-refractivity contribution is 0.337. The summed E-state index contributed by atoms with van der Waals surface area (Å²) in [7, 11) is -9.08. The summed E-state index contributed by atoms with van der Waals surface area (Å²) in [6.07, 6.45) is 0. The minimum atomic E-state index is -4.65. The molecule has 0 radical (unpaired) electrons. The first-order chi connectivity index (χ1) is 25.6. The molecule has 24 heteroatoms. The molecule has 1 heterocycles. The average molecular weight is 822 g/mol. The maximum absolute atomic E-state index is 13.4. The van der Waals surface area contributed by atoms with Gasteiger partial charge in [-0.05, 0) is 74.7 Å². The summed E-state index contributed by atoms with van der Waals surface area (Å²) in [4.78, 5) is 11.8. The van der Waals surface area contributed by atoms with E-state index in [1.165, 1.54) is 51.1 Å². The molecule has 54 heavy (non-hydrogen) atoms. The maximum Gasteiger partial charge on any atom is 0.299 e. The lowest BCUT2D eigenvalue weighted by Crippen LogP contribution is -2.10. The molecule has 0 fully saturated rings. The van der Waals surface area contributed by atoms with Crippen LogP contribution in [0.25, 0.3) is 10.8 Å². The molecule has 1 aromatic heterocycles. The van der Waals surface area contributed by atoms with Gasteiger partial charge in [-0.25, -0.2) is 8.42 Å². The van der Waals surface area contributed by atoms with Crippen LogP contribution in [-0.4, -0.2) is 67.6 Å². The van der Waals surface area contributed by atoms with Crippen molar-refractivity contribution in [1.82, 2.24) is 15.0 Å². The molecule has 0 aliphatic carbocycles. The second-order valence-electron chi connectivity index (χ2n) is 10.6. The molecule has 2 atom stereocenters. The van der Waals surface area contributed by atoms with Crippen molar-refractivity contribution in [1.29, 1.82) is 0 Å². The standard InChI is InChI=1S/C30H31N9O11S4/c1-4-49-53(45,46)21-13-18-14-25(54(47,48)50-5-2)27(37-36-19-9-8-10-20(15-19)38-51(41)42)28(40)26(18)24(16-21)34-30-32-17(3)31-29(35-30)33-22-11-6-7-12-23(22)39-52(43)44/h6-16,38-40H,4-5H2,1-3H3,(H,41,42)(H,43,44)(H2,31,32,33,34,35). The van der Waals surface area contributed by atoms with Crippen LogP contribution in [0.3, 0.4) is 0 Å². The summed E-state index contributed by atoms with van der Waals surface area (Å²) in [6, 6.07) is 15.4. The van der Waals surface area contributed by atoms with E-state index in [1.807, 2.05) is 0 Å². The van der Waals surface area contributed by atoms with Gasteiger partial charge in [-0.3, -0.25) is 26.9 Å². The Morgan fingerprint density at radius 3 is 2.02 bits per heavy atom. The fraction of sp³-hybridized carbons (Fsp3) is 0.167. The van der Waals surface area contributed by atoms with Crippen LogP contribution in [0.15, 0.2) is 86.7 Å². The monoisotopic (exact) mass is 821 g/mol. The van der Waals surface area contributed by atoms with Crippen molar-refractivity contribution in [2.45, 2.75) is 30.6 Å². The number of phenolic OH excluding ortho intramolecular Hbond substituents is 1. The number of hydrogen-bond donors (Lipinski definition) is 7. The smallest absolute Gasteiger partial charge is 0.299 e. The highest BCUT2D eigenvalue weighted by Crippen LogP contribution is 2.46. The Hall–Kier alpha value is -5.21. The van der Waals surface area contributed by atoms with E-state index in [-0.39, 0.29) is 64.5 Å². The fourth-order valence-electron chi connectivity index (χ4n) is 4.88. The summed E-state index contributed by atoms with van der Waals surface area (Å²) in [6.45, 7) is 3.87. The summed E-state index contributed by atoms with van der Waals surface area (Å²) < 4.78 is 109. The van der Waals surface area contributed by atoms with E-state index in [0.717, 1.165) is 18.2 Å². The Morgan fingerprint density at radius 2 is 1.37 bits per heavy atom. The third-order valence-electron chi connectivity index (χ3n) is 6.91. The molecular weight excluding hydrogens is 791 g/mol. The Kier molecular flexibility index (Phi) is 12.5. The highest BCUT2D eigenvalue weighted by Gasteiger charge is 2.28. The van der Waals surface area contributed by atoms with Crippen LogP contribution in [0.2, 0.25) is 0 Å². The number of aromatic nitrogens is 3. The molecule has 2 unspecified atom stereocenters. The number of aryl methyl sites for hydroxylation is 1. The Balaban J connectivity index is 1.71. The summed E-state index contributed by atoms with van der Waals surface area (Å²) in [5, 5.41) is 25.4. The molecule has 0 bridgehead atoms. The van der Waals surface area contributed by atoms with Gasteiger partial charge < -0.3 is 15.7 Å². The van der Waals surface area contributed by atoms with Crippen LogP contribution in [0, 0.1) is 6.92 Å². The quantitative estimate of drug-likeness (QED) is 0.0368. The minimum absolute atomic E-state index is 0.0454. The van der Waals surface area contributed by atoms with Crippen molar-refractivity contribution in [3.05, 3.63) is 72.6 Å². The first-order valence-electron chi connectivity index (χ1n) is 15.3. The van der Waals surface area contributed by atoms with Crippen LogP contribution in [-0.2, 0) is 51.1 Å². The van der Waals surface area contributed by atoms with Crippen LogP contribution in [0.5, 0.6) is 5.75 Å². The number of phenols is 1. The lowest BCUT2D eigenvalue weighted by atomic mass is 10.1. The predicted molar refractivity (Wildman–Crippen MR) is 200 cm³/mol. The van der Waals surface area contributed by atoms with Crippen molar-refractivity contribution < 1.29 is 47.8 Å². The van der Waals surface area contributed by atoms with Gasteiger partial charge >= 0.3 is 0 Å². The molecule has 5 aromatic rings. The van der Waals surface area contributed by atoms with E-state index < -0.39 is 64.0 Å². The van der Waals surface area contributed by atoms with Gasteiger partial charge in [-0.1, -0.05) is 18.2 Å². The van der Waals surface area contributed by atoms with E-state index in [1.54, 1.807) is 18.2 Å². The molecule has 0 saturated heterocycles. The van der Waals surface area contributed by atoms with Crippen LogP contribution in [0.4, 0.5) is 46.0 Å². The highest BCUT2D eigenvalue weighted by atomic mass is 32.2. The lowest BCUT2D eigenvalue weighted by Gasteiger charge is -2.17. The predicted octanol–water partition coefficient (Wildman–Crippen LogP) is 5.49. The number of azo groups is 1. The largest absolute Gasteiger partial charge is 0.505 e. The van der Waals surface area contributed by atoms with Gasteiger partial charge in [0.2, 0.25) is 11.9 Å². The number of rotatable bonds is 16. The number of nitrogens with one attached hydrogen (secondary N) is 4. The van der Waals surface area contributed by atoms with E-state index >= 15 is 0 Å². The second-order valence-corrected chi connectivity index (χ2v) is 15.2. The topological polar surface area (TPSA) is 293 Å². The van der Waals surface area contributed by atoms with Gasteiger partial charge in [0.05, 0.1) is 46.5 Å². The summed E-state index contributed by atoms with van der Waals surface area (Å²) in [5.74, 6) is -0.827. The zero-order valence-electron chi connectivity index (χ0n) is 28.2. The Labute approximate surface area is 313 Å². The highest BCUT2D eigenvalue weighted by molar-refractivity contribution is 7.87. The van der Waals surface area contributed by atoms with E-state index in [2.05, 4.69) is 45.3 Å². The van der Waals surface area contributed by atoms with E-state index in [4.69, 9.17) is 8.37 Å². The van der Waals surface area contributed by atoms with E-state index in [9.17, 15) is 39.5 Å². The van der Waals surface area contributed by atoms with Crippen LogP contribution >= 0.6 is 0 Å². The van der Waals surface area contributed by atoms with E-state index in [0.29, 0.717) is 5.69 Å². The first-order valence-corrected chi connectivity index (χ1v) is 20.4. The molecular formula is C30H31N9O11S4. The minimum Gasteiger partial charge on any atom is -0.505 e. The van der Waals surface area contributed by atoms with Crippen molar-refractivity contribution in [2.75, 3.05) is 33.3 Å². The fourth-order valence-corrected chi connectivity index (χ4v) is 7.64. The molecule has 5 rings (SSSR count). The SMILES string of the molecule is CCOS(=O)(=O)c1cc(Nc2nc(C)nc(Nc3ccccc3NS(=O)O)n2)c2c(O)c(N=Nc3cccc(NS(=O)O)c3)c(S(=O)(=O)OCC)cc2c1. The Morgan fingerprint density at radius 1 is 0.741 bits per heavy atom.